The first-order chi connectivity index (χ1) is 58.1. The number of hydrogen-bond donors (Lipinski definition) is 3. The molecule has 4 bridgehead atoms. The molecule has 6 aromatic rings. The fourth-order valence-corrected chi connectivity index (χ4v) is 23.5. The molecule has 2 amide bonds. The topological polar surface area (TPSA) is 297 Å². The number of carbonyl (C=O) groups excluding carboxylic acids is 8. The maximum Gasteiger partial charge on any atom is 0.408 e. The van der Waals surface area contributed by atoms with Crippen molar-refractivity contribution < 1.29 is 71.9 Å². The molecule has 10 aliphatic rings. The summed E-state index contributed by atoms with van der Waals surface area (Å²) in [5, 5.41) is 39.0. The zero-order chi connectivity index (χ0) is 87.3. The Kier molecular flexibility index (Phi) is 24.0. The van der Waals surface area contributed by atoms with Crippen LogP contribution in [-0.2, 0) is 60.6 Å². The van der Waals surface area contributed by atoms with Gasteiger partial charge in [0, 0.05) is 98.0 Å². The maximum absolute atomic E-state index is 14.4. The predicted octanol–water partition coefficient (Wildman–Crippen LogP) is 14.1. The zero-order valence-electron chi connectivity index (χ0n) is 72.2. The first kappa shape index (κ1) is 86.3. The van der Waals surface area contributed by atoms with E-state index in [1.165, 1.54) is 75.0 Å². The van der Waals surface area contributed by atoms with Crippen molar-refractivity contribution in [3.8, 4) is 45.9 Å². The number of likely N-dealkylation sites (N-methyl/N-ethyl adjacent to an activating group) is 2. The molecule has 23 nitrogen and oxygen atoms in total. The van der Waals surface area contributed by atoms with Crippen molar-refractivity contribution in [2.24, 2.45) is 0 Å². The number of aliphatic hydroxyl groups is 1. The molecule has 3 N–H and O–H groups in total. The minimum absolute atomic E-state index is 0.0306. The summed E-state index contributed by atoms with van der Waals surface area (Å²) < 4.78 is 35.3. The molecule has 0 spiro atoms. The predicted molar refractivity (Wildman–Crippen MR) is 466 cm³/mol. The molecule has 0 unspecified atom stereocenters. The second-order valence-corrected chi connectivity index (χ2v) is 37.9. The van der Waals surface area contributed by atoms with E-state index in [1.807, 2.05) is 88.3 Å². The smallest absolute Gasteiger partial charge is 0.408 e. The first-order valence-electron chi connectivity index (χ1n) is 41.8. The number of thioether (sulfide) groups is 2. The number of allylic oxidation sites excluding steroid dienone is 4. The van der Waals surface area contributed by atoms with Crippen LogP contribution < -0.4 is 20.1 Å². The SMILES string of the molecule is COc1c(C)cc2c(c1C)[C@@H]1[C@@H]3CC4=C(C(=O)C(=O)C(C)=C4O)[C@H](COC(=O)[C@@H](CSCC4c5ccccc5-c5ccccc54)NC(=O)OC(C)(C)C)N3[C@@H](C#N)[C@H](C2)N1C.COc1c(C)cc2c(c1C)[C@@H]1[C@@H]3CC4=C(C(=O)C(C)=C(C)C4=O)[C@H](COC(=O)[C@@H](CSCC4c5ccccc5-c5ccccc54)NC(=O)OC(C)(C)C)N3[C@@H](C#N)[C@H](C2)N1C. The van der Waals surface area contributed by atoms with Crippen molar-refractivity contribution in [3.63, 3.8) is 0 Å². The van der Waals surface area contributed by atoms with E-state index >= 15 is 0 Å². The summed E-state index contributed by atoms with van der Waals surface area (Å²) in [4.78, 5) is 120. The second-order valence-electron chi connectivity index (χ2n) is 35.7. The number of hydrogen-bond acceptors (Lipinski definition) is 23. The fraction of sp³-hybridized carbons (Fsp3) is 0.443. The quantitative estimate of drug-likeness (QED) is 0.0237. The van der Waals surface area contributed by atoms with Crippen LogP contribution >= 0.6 is 23.5 Å². The Bertz CT molecular complexity index is 5510. The Morgan fingerprint density at radius 3 is 1.23 bits per heavy atom. The third-order valence-electron chi connectivity index (χ3n) is 26.4. The number of aryl methyl sites for hydroxylation is 2. The lowest BCUT2D eigenvalue weighted by molar-refractivity contribution is -0.150. The van der Waals surface area contributed by atoms with Crippen LogP contribution in [0.5, 0.6) is 11.5 Å². The van der Waals surface area contributed by atoms with Crippen molar-refractivity contribution in [1.29, 1.82) is 10.5 Å². The molecule has 122 heavy (non-hydrogen) atoms. The second kappa shape index (κ2) is 33.9. The lowest BCUT2D eigenvalue weighted by Crippen LogP contribution is -2.70. The molecule has 6 heterocycles. The molecule has 0 aromatic heterocycles. The number of fused-ring (bicyclic) bond motifs is 18. The molecule has 0 radical (unpaired) electrons. The molecule has 636 valence electrons. The van der Waals surface area contributed by atoms with Crippen molar-refractivity contribution in [3.05, 3.63) is 221 Å². The lowest BCUT2D eigenvalue weighted by Gasteiger charge is -2.60. The molecule has 25 heteroatoms. The average Bonchev–Trinajstić information content (AvgIpc) is 0.889. The Hall–Kier alpha value is -10.6. The van der Waals surface area contributed by atoms with Crippen molar-refractivity contribution in [2.75, 3.05) is 64.5 Å². The van der Waals surface area contributed by atoms with E-state index in [2.05, 4.69) is 105 Å². The number of Topliss-reactive ketones (excluding diaryl/α,β-unsaturated/α-hetero) is 4. The number of methoxy groups -OCH3 is 2. The van der Waals surface area contributed by atoms with Crippen LogP contribution in [0.15, 0.2) is 154 Å². The Labute approximate surface area is 721 Å². The summed E-state index contributed by atoms with van der Waals surface area (Å²) >= 11 is 3.03. The summed E-state index contributed by atoms with van der Waals surface area (Å²) in [6.45, 7) is 22.6. The number of aliphatic hydroxyl groups excluding tert-OH is 1. The van der Waals surface area contributed by atoms with Gasteiger partial charge in [0.25, 0.3) is 0 Å². The molecule has 6 aliphatic heterocycles. The van der Waals surface area contributed by atoms with E-state index in [-0.39, 0.29) is 101 Å². The Morgan fingerprint density at radius 1 is 0.500 bits per heavy atom. The van der Waals surface area contributed by atoms with Gasteiger partial charge in [-0.25, -0.2) is 19.2 Å². The van der Waals surface area contributed by atoms with Crippen LogP contribution in [0.1, 0.15) is 166 Å². The third kappa shape index (κ3) is 15.3. The van der Waals surface area contributed by atoms with E-state index < -0.39 is 102 Å². The number of nitrogens with zero attached hydrogens (tertiary/aromatic N) is 6. The van der Waals surface area contributed by atoms with Crippen LogP contribution in [0, 0.1) is 50.4 Å². The van der Waals surface area contributed by atoms with E-state index in [9.17, 15) is 54.0 Å². The molecule has 12 atom stereocenters. The van der Waals surface area contributed by atoms with Gasteiger partial charge >= 0.3 is 24.1 Å². The van der Waals surface area contributed by atoms with Gasteiger partial charge in [-0.05, 0) is 219 Å². The maximum atomic E-state index is 14.4. The number of ketones is 4. The van der Waals surface area contributed by atoms with E-state index in [0.717, 1.165) is 56.0 Å². The van der Waals surface area contributed by atoms with Gasteiger partial charge in [0.05, 0.1) is 50.5 Å². The van der Waals surface area contributed by atoms with Crippen LogP contribution in [0.2, 0.25) is 0 Å². The highest BCUT2D eigenvalue weighted by molar-refractivity contribution is 7.99. The number of ether oxygens (including phenoxy) is 6. The number of alkyl carbamates (subject to hydrolysis) is 2. The number of rotatable bonds is 18. The highest BCUT2D eigenvalue weighted by atomic mass is 32.2. The number of esters is 2. The minimum Gasteiger partial charge on any atom is -0.507 e. The summed E-state index contributed by atoms with van der Waals surface area (Å²) in [5.74, 6) is -0.520. The molecule has 6 aromatic carbocycles. The highest BCUT2D eigenvalue weighted by Crippen LogP contribution is 2.56. The number of carbonyl (C=O) groups is 8. The van der Waals surface area contributed by atoms with Crippen molar-refractivity contribution in [2.45, 2.75) is 211 Å². The number of amides is 2. The Morgan fingerprint density at radius 2 is 0.861 bits per heavy atom. The van der Waals surface area contributed by atoms with Crippen molar-refractivity contribution in [1.82, 2.24) is 30.2 Å². The largest absolute Gasteiger partial charge is 0.507 e. The lowest BCUT2D eigenvalue weighted by atomic mass is 9.68. The molecule has 16 rings (SSSR count). The van der Waals surface area contributed by atoms with E-state index in [0.29, 0.717) is 46.6 Å². The Balaban J connectivity index is 0.000000190. The summed E-state index contributed by atoms with van der Waals surface area (Å²) in [5.41, 5.74) is 18.0. The van der Waals surface area contributed by atoms with Crippen LogP contribution in [0.3, 0.4) is 0 Å². The molecule has 4 aliphatic carbocycles. The normalized spacial score (nSPS) is 23.9. The van der Waals surface area contributed by atoms with Gasteiger partial charge in [-0.3, -0.25) is 38.8 Å². The molecular formula is C97H106N8O15S2. The number of benzene rings is 6. The van der Waals surface area contributed by atoms with Gasteiger partial charge in [0.2, 0.25) is 11.6 Å². The van der Waals surface area contributed by atoms with Gasteiger partial charge in [-0.2, -0.15) is 34.0 Å². The molecular weight excluding hydrogens is 1580 g/mol. The molecule has 2 fully saturated rings. The number of nitriles is 2. The van der Waals surface area contributed by atoms with Crippen LogP contribution in [-0.4, -0.2) is 208 Å². The molecule has 0 saturated carbocycles. The summed E-state index contributed by atoms with van der Waals surface area (Å²) in [6.07, 6.45) is 0.00741. The first-order valence-corrected chi connectivity index (χ1v) is 44.1. The van der Waals surface area contributed by atoms with Gasteiger partial charge in [0.1, 0.15) is 65.8 Å². The highest BCUT2D eigenvalue weighted by Gasteiger charge is 2.60. The third-order valence-corrected chi connectivity index (χ3v) is 28.7. The standard InChI is InChI=1S/C49H54N4O7S.C48H52N4O8S/c1-25-18-29-19-37-39(21-50)53-38(43(52(37)8)41(29)28(4)46(25)58-9)20-34-42(45(55)27(3)26(2)44(34)54)40(53)22-59-47(56)36(51-48(57)60-49(5,6)7)24-61-23-35-32-16-12-10-14-30(32)31-15-11-13-17-33(31)35;1-24-17-27-18-35-37(20-49)52-36(41(51(35)7)39(27)25(2)45(24)58-8)19-32-40(44(55)43(54)26(3)42(32)53)38(52)21-59-46(56)34(50-47(57)60-48(4,5)6)23-61-22-33-30-15-11-9-13-28(30)29-14-10-12-16-31(29)33/h10-18,35-40,43H,19-20,22-24H2,1-9H3,(H,51,57);9-17,33-38,41,53H,18-19,21-23H2,1-8H3,(H,50,57)/t36-,37+,38+,39+,40+,43+;34-,35+,36+,37+,38+,41+/m11/s1. The monoisotopic (exact) mass is 1690 g/mol. The fourth-order valence-electron chi connectivity index (χ4n) is 21.1. The van der Waals surface area contributed by atoms with Gasteiger partial charge in [-0.15, -0.1) is 0 Å². The molecule has 2 saturated heterocycles. The van der Waals surface area contributed by atoms with E-state index in [1.54, 1.807) is 69.6 Å². The summed E-state index contributed by atoms with van der Waals surface area (Å²) in [6, 6.07) is 35.0. The summed E-state index contributed by atoms with van der Waals surface area (Å²) in [7, 11) is 7.33. The number of nitrogens with one attached hydrogen (secondary N) is 2. The van der Waals surface area contributed by atoms with Crippen LogP contribution in [0.25, 0.3) is 22.3 Å². The van der Waals surface area contributed by atoms with Crippen LogP contribution in [0.4, 0.5) is 9.59 Å². The zero-order valence-corrected chi connectivity index (χ0v) is 73.8. The average molecular weight is 1690 g/mol. The minimum atomic E-state index is -1.15. The van der Waals surface area contributed by atoms with Gasteiger partial charge in [0.15, 0.2) is 11.6 Å². The van der Waals surface area contributed by atoms with Gasteiger partial charge in [-0.1, -0.05) is 109 Å². The van der Waals surface area contributed by atoms with Gasteiger partial charge < -0.3 is 44.2 Å². The van der Waals surface area contributed by atoms with Crippen molar-refractivity contribution >= 4 is 70.8 Å². The number of piperazine rings is 2. The van der Waals surface area contributed by atoms with E-state index in [4.69, 9.17) is 28.4 Å².